The van der Waals surface area contributed by atoms with Crippen molar-refractivity contribution in [2.75, 3.05) is 0 Å². The molecule has 1 nitrogen and oxygen atoms in total. The standard InChI is InChI=1S/C14H16N/c1-5-11(4)14-7-12(9-15)6-13(8-14)10(2)3/h5-8,10-11H,1,4H2,2-3H3. The fourth-order valence-electron chi connectivity index (χ4n) is 1.42. The topological polar surface area (TPSA) is 23.8 Å². The maximum absolute atomic E-state index is 8.93. The lowest BCUT2D eigenvalue weighted by Crippen LogP contribution is -1.95. The van der Waals surface area contributed by atoms with Crippen LogP contribution in [0.3, 0.4) is 0 Å². The van der Waals surface area contributed by atoms with E-state index in [-0.39, 0.29) is 5.92 Å². The van der Waals surface area contributed by atoms with Crippen LogP contribution < -0.4 is 0 Å². The molecule has 0 amide bonds. The maximum atomic E-state index is 8.93. The van der Waals surface area contributed by atoms with Gasteiger partial charge in [-0.2, -0.15) is 5.26 Å². The summed E-state index contributed by atoms with van der Waals surface area (Å²) in [6.45, 7) is 11.9. The SMILES string of the molecule is [CH2]C(C=C)c1cc(C#N)cc(C(C)C)c1. The molecule has 0 aliphatic rings. The van der Waals surface area contributed by atoms with Crippen molar-refractivity contribution in [3.63, 3.8) is 0 Å². The second-order valence-electron chi connectivity index (χ2n) is 4.00. The minimum absolute atomic E-state index is 0.0517. The number of nitriles is 1. The summed E-state index contributed by atoms with van der Waals surface area (Å²) in [6, 6.07) is 8.10. The van der Waals surface area contributed by atoms with Crippen LogP contribution in [0.25, 0.3) is 0 Å². The largest absolute Gasteiger partial charge is 0.192 e. The number of hydrogen-bond acceptors (Lipinski definition) is 1. The molecule has 0 fully saturated rings. The van der Waals surface area contributed by atoms with Crippen LogP contribution in [0.2, 0.25) is 0 Å². The minimum Gasteiger partial charge on any atom is -0.192 e. The van der Waals surface area contributed by atoms with Gasteiger partial charge in [-0.3, -0.25) is 0 Å². The first-order chi connectivity index (χ1) is 7.08. The van der Waals surface area contributed by atoms with E-state index in [2.05, 4.69) is 39.5 Å². The Kier molecular flexibility index (Phi) is 3.68. The average Bonchev–Trinajstić information content (AvgIpc) is 2.27. The lowest BCUT2D eigenvalue weighted by molar-refractivity contribution is 0.860. The molecular formula is C14H16N. The van der Waals surface area contributed by atoms with Gasteiger partial charge in [0.25, 0.3) is 0 Å². The van der Waals surface area contributed by atoms with Crippen LogP contribution in [0.4, 0.5) is 0 Å². The Morgan fingerprint density at radius 1 is 1.27 bits per heavy atom. The first-order valence-corrected chi connectivity index (χ1v) is 5.09. The van der Waals surface area contributed by atoms with Crippen LogP contribution >= 0.6 is 0 Å². The summed E-state index contributed by atoms with van der Waals surface area (Å²) in [7, 11) is 0. The van der Waals surface area contributed by atoms with Gasteiger partial charge in [-0.15, -0.1) is 6.58 Å². The summed E-state index contributed by atoms with van der Waals surface area (Å²) < 4.78 is 0. The predicted octanol–water partition coefficient (Wildman–Crippen LogP) is 3.79. The van der Waals surface area contributed by atoms with E-state index in [4.69, 9.17) is 5.26 Å². The van der Waals surface area contributed by atoms with Gasteiger partial charge < -0.3 is 0 Å². The molecule has 1 unspecified atom stereocenters. The van der Waals surface area contributed by atoms with E-state index in [0.717, 1.165) is 5.56 Å². The Morgan fingerprint density at radius 2 is 1.87 bits per heavy atom. The predicted molar refractivity (Wildman–Crippen MR) is 63.5 cm³/mol. The summed E-state index contributed by atoms with van der Waals surface area (Å²) in [5.74, 6) is 0.477. The Morgan fingerprint density at radius 3 is 2.33 bits per heavy atom. The third kappa shape index (κ3) is 2.70. The molecule has 0 heterocycles. The van der Waals surface area contributed by atoms with Gasteiger partial charge in [-0.05, 0) is 36.1 Å². The molecule has 1 heteroatoms. The zero-order valence-corrected chi connectivity index (χ0v) is 9.33. The molecule has 77 valence electrons. The lowest BCUT2D eigenvalue weighted by atomic mass is 9.93. The van der Waals surface area contributed by atoms with Gasteiger partial charge in [0.2, 0.25) is 0 Å². The number of rotatable bonds is 3. The summed E-state index contributed by atoms with van der Waals surface area (Å²) in [6.07, 6.45) is 1.79. The zero-order chi connectivity index (χ0) is 11.4. The molecule has 0 spiro atoms. The summed E-state index contributed by atoms with van der Waals surface area (Å²) in [5, 5.41) is 8.93. The Balaban J connectivity index is 3.24. The van der Waals surface area contributed by atoms with Crippen molar-refractivity contribution in [2.45, 2.75) is 25.7 Å². The van der Waals surface area contributed by atoms with Crippen molar-refractivity contribution in [3.05, 3.63) is 54.5 Å². The third-order valence-corrected chi connectivity index (χ3v) is 2.49. The highest BCUT2D eigenvalue weighted by molar-refractivity contribution is 5.41. The third-order valence-electron chi connectivity index (χ3n) is 2.49. The van der Waals surface area contributed by atoms with Crippen molar-refractivity contribution in [1.29, 1.82) is 5.26 Å². The van der Waals surface area contributed by atoms with E-state index in [1.54, 1.807) is 6.08 Å². The van der Waals surface area contributed by atoms with E-state index in [1.807, 2.05) is 12.1 Å². The first kappa shape index (κ1) is 11.5. The molecule has 1 atom stereocenters. The van der Waals surface area contributed by atoms with Gasteiger partial charge >= 0.3 is 0 Å². The smallest absolute Gasteiger partial charge is 0.0991 e. The maximum Gasteiger partial charge on any atom is 0.0991 e. The number of nitrogens with zero attached hydrogens (tertiary/aromatic N) is 1. The van der Waals surface area contributed by atoms with E-state index < -0.39 is 0 Å². The number of allylic oxidation sites excluding steroid dienone is 1. The average molecular weight is 198 g/mol. The quantitative estimate of drug-likeness (QED) is 0.678. The molecular weight excluding hydrogens is 182 g/mol. The molecule has 0 aliphatic heterocycles. The molecule has 0 aromatic heterocycles. The van der Waals surface area contributed by atoms with Crippen LogP contribution in [-0.4, -0.2) is 0 Å². The lowest BCUT2D eigenvalue weighted by Gasteiger charge is -2.12. The molecule has 1 aromatic rings. The van der Waals surface area contributed by atoms with Gasteiger partial charge in [0.05, 0.1) is 11.6 Å². The zero-order valence-electron chi connectivity index (χ0n) is 9.33. The van der Waals surface area contributed by atoms with Crippen molar-refractivity contribution >= 4 is 0 Å². The second-order valence-corrected chi connectivity index (χ2v) is 4.00. The van der Waals surface area contributed by atoms with E-state index in [9.17, 15) is 0 Å². The summed E-state index contributed by atoms with van der Waals surface area (Å²) in [5.41, 5.74) is 2.94. The van der Waals surface area contributed by atoms with Gasteiger partial charge in [0.15, 0.2) is 0 Å². The van der Waals surface area contributed by atoms with Crippen LogP contribution in [0.1, 0.15) is 42.4 Å². The first-order valence-electron chi connectivity index (χ1n) is 5.09. The Labute approximate surface area is 92.1 Å². The van der Waals surface area contributed by atoms with Crippen LogP contribution in [0.5, 0.6) is 0 Å². The van der Waals surface area contributed by atoms with E-state index in [1.165, 1.54) is 5.56 Å². The van der Waals surface area contributed by atoms with Crippen LogP contribution in [0, 0.1) is 18.3 Å². The van der Waals surface area contributed by atoms with Gasteiger partial charge in [0, 0.05) is 5.92 Å². The highest BCUT2D eigenvalue weighted by Gasteiger charge is 2.07. The number of hydrogen-bond donors (Lipinski definition) is 0. The van der Waals surface area contributed by atoms with Crippen LogP contribution in [0.15, 0.2) is 30.9 Å². The fraction of sp³-hybridized carbons (Fsp3) is 0.286. The van der Waals surface area contributed by atoms with Gasteiger partial charge in [-0.1, -0.05) is 26.0 Å². The van der Waals surface area contributed by atoms with Crippen LogP contribution in [-0.2, 0) is 0 Å². The van der Waals surface area contributed by atoms with E-state index in [0.29, 0.717) is 11.5 Å². The van der Waals surface area contributed by atoms with E-state index >= 15 is 0 Å². The Bertz CT molecular complexity index is 396. The highest BCUT2D eigenvalue weighted by atomic mass is 14.2. The summed E-state index contributed by atoms with van der Waals surface area (Å²) in [4.78, 5) is 0. The summed E-state index contributed by atoms with van der Waals surface area (Å²) >= 11 is 0. The van der Waals surface area contributed by atoms with Gasteiger partial charge in [-0.25, -0.2) is 0 Å². The molecule has 0 bridgehead atoms. The fourth-order valence-corrected chi connectivity index (χ4v) is 1.42. The van der Waals surface area contributed by atoms with Crippen molar-refractivity contribution in [2.24, 2.45) is 0 Å². The number of benzene rings is 1. The normalized spacial score (nSPS) is 12.2. The van der Waals surface area contributed by atoms with Gasteiger partial charge in [0.1, 0.15) is 0 Å². The monoisotopic (exact) mass is 198 g/mol. The van der Waals surface area contributed by atoms with Crippen molar-refractivity contribution < 1.29 is 0 Å². The molecule has 1 radical (unpaired) electrons. The van der Waals surface area contributed by atoms with Crippen molar-refractivity contribution in [1.82, 2.24) is 0 Å². The second kappa shape index (κ2) is 4.79. The molecule has 0 aliphatic carbocycles. The highest BCUT2D eigenvalue weighted by Crippen LogP contribution is 2.23. The molecule has 0 saturated carbocycles. The minimum atomic E-state index is 0.0517. The molecule has 0 saturated heterocycles. The molecule has 1 rings (SSSR count). The Hall–Kier alpha value is -1.55. The molecule has 15 heavy (non-hydrogen) atoms. The molecule has 1 aromatic carbocycles. The molecule has 0 N–H and O–H groups in total. The van der Waals surface area contributed by atoms with Crippen molar-refractivity contribution in [3.8, 4) is 6.07 Å².